The van der Waals surface area contributed by atoms with Crippen LogP contribution in [-0.2, 0) is 16.4 Å². The Morgan fingerprint density at radius 3 is 2.44 bits per heavy atom. The van der Waals surface area contributed by atoms with Crippen LogP contribution in [0.1, 0.15) is 22.8 Å². The van der Waals surface area contributed by atoms with Gasteiger partial charge in [0.1, 0.15) is 0 Å². The minimum atomic E-state index is -3.35. The molecule has 1 amide bonds. The van der Waals surface area contributed by atoms with Gasteiger partial charge in [-0.2, -0.15) is 0 Å². The Morgan fingerprint density at radius 1 is 1.11 bits per heavy atom. The van der Waals surface area contributed by atoms with Gasteiger partial charge in [-0.15, -0.1) is 0 Å². The number of amides is 1. The normalized spacial score (nSPS) is 16.0. The Balaban J connectivity index is 1.84. The maximum absolute atomic E-state index is 12.6. The predicted molar refractivity (Wildman–Crippen MR) is 104 cm³/mol. The zero-order chi connectivity index (χ0) is 19.8. The summed E-state index contributed by atoms with van der Waals surface area (Å²) in [6.07, 6.45) is 1.76. The molecule has 1 aliphatic rings. The second-order valence-corrected chi connectivity index (χ2v) is 8.34. The largest absolute Gasteiger partial charge is 0.493 e. The summed E-state index contributed by atoms with van der Waals surface area (Å²) in [4.78, 5) is 12.6. The lowest BCUT2D eigenvalue weighted by atomic mass is 10.1. The Morgan fingerprint density at radius 2 is 1.81 bits per heavy atom. The first-order valence-electron chi connectivity index (χ1n) is 8.40. The molecule has 0 saturated carbocycles. The van der Waals surface area contributed by atoms with E-state index in [4.69, 9.17) is 9.47 Å². The lowest BCUT2D eigenvalue weighted by Crippen LogP contribution is -2.34. The molecule has 3 rings (SSSR count). The summed E-state index contributed by atoms with van der Waals surface area (Å²) in [7, 11) is -0.285. The third kappa shape index (κ3) is 3.71. The van der Waals surface area contributed by atoms with Crippen LogP contribution in [0.4, 0.5) is 11.4 Å². The molecular weight excluding hydrogens is 368 g/mol. The van der Waals surface area contributed by atoms with Crippen molar-refractivity contribution in [1.82, 2.24) is 0 Å². The highest BCUT2D eigenvalue weighted by molar-refractivity contribution is 7.92. The van der Waals surface area contributed by atoms with Crippen molar-refractivity contribution in [2.24, 2.45) is 0 Å². The number of nitrogens with one attached hydrogen (secondary N) is 1. The molecule has 2 aromatic carbocycles. The molecule has 1 atom stereocenters. The summed E-state index contributed by atoms with van der Waals surface area (Å²) in [6, 6.07) is 10.0. The molecule has 1 unspecified atom stereocenters. The van der Waals surface area contributed by atoms with E-state index in [0.717, 1.165) is 5.56 Å². The fourth-order valence-electron chi connectivity index (χ4n) is 3.37. The van der Waals surface area contributed by atoms with Gasteiger partial charge in [0.25, 0.3) is 5.91 Å². The number of benzene rings is 2. The first-order chi connectivity index (χ1) is 12.7. The van der Waals surface area contributed by atoms with E-state index < -0.39 is 10.0 Å². The molecule has 0 aliphatic carbocycles. The van der Waals surface area contributed by atoms with Crippen molar-refractivity contribution in [2.45, 2.75) is 19.4 Å². The van der Waals surface area contributed by atoms with Crippen molar-refractivity contribution < 1.29 is 22.7 Å². The van der Waals surface area contributed by atoms with Crippen molar-refractivity contribution in [2.75, 3.05) is 30.1 Å². The Bertz CT molecular complexity index is 988. The van der Waals surface area contributed by atoms with Crippen molar-refractivity contribution in [3.05, 3.63) is 47.5 Å². The molecule has 8 heteroatoms. The molecule has 0 aromatic heterocycles. The maximum Gasteiger partial charge on any atom is 0.255 e. The Labute approximate surface area is 158 Å². The summed E-state index contributed by atoms with van der Waals surface area (Å²) in [6.45, 7) is 1.85. The van der Waals surface area contributed by atoms with Gasteiger partial charge < -0.3 is 14.8 Å². The van der Waals surface area contributed by atoms with E-state index in [0.29, 0.717) is 34.9 Å². The van der Waals surface area contributed by atoms with E-state index >= 15 is 0 Å². The van der Waals surface area contributed by atoms with Gasteiger partial charge in [0.05, 0.1) is 26.2 Å². The van der Waals surface area contributed by atoms with Crippen LogP contribution in [-0.4, -0.2) is 40.8 Å². The van der Waals surface area contributed by atoms with Crippen LogP contribution in [0, 0.1) is 0 Å². The number of carbonyl (C=O) groups is 1. The molecule has 0 spiro atoms. The molecule has 2 aromatic rings. The Kier molecular flexibility index (Phi) is 5.01. The van der Waals surface area contributed by atoms with Gasteiger partial charge in [-0.1, -0.05) is 0 Å². The monoisotopic (exact) mass is 390 g/mol. The summed E-state index contributed by atoms with van der Waals surface area (Å²) < 4.78 is 35.8. The van der Waals surface area contributed by atoms with Gasteiger partial charge in [0.2, 0.25) is 10.0 Å². The molecule has 0 bridgehead atoms. The number of hydrogen-bond acceptors (Lipinski definition) is 5. The number of fused-ring (bicyclic) bond motifs is 1. The van der Waals surface area contributed by atoms with Crippen LogP contribution in [0.3, 0.4) is 0 Å². The predicted octanol–water partition coefficient (Wildman–Crippen LogP) is 2.67. The van der Waals surface area contributed by atoms with Crippen molar-refractivity contribution in [3.63, 3.8) is 0 Å². The zero-order valence-electron chi connectivity index (χ0n) is 15.6. The van der Waals surface area contributed by atoms with E-state index in [1.54, 1.807) is 43.5 Å². The second-order valence-electron chi connectivity index (χ2n) is 6.48. The van der Waals surface area contributed by atoms with Crippen LogP contribution in [0.2, 0.25) is 0 Å². The van der Waals surface area contributed by atoms with E-state index in [-0.39, 0.29) is 11.9 Å². The topological polar surface area (TPSA) is 84.9 Å². The summed E-state index contributed by atoms with van der Waals surface area (Å²) in [5, 5.41) is 2.82. The highest BCUT2D eigenvalue weighted by atomic mass is 32.2. The number of ether oxygens (including phenoxy) is 2. The second kappa shape index (κ2) is 7.11. The lowest BCUT2D eigenvalue weighted by Gasteiger charge is -2.21. The summed E-state index contributed by atoms with van der Waals surface area (Å²) in [5.74, 6) is 0.806. The van der Waals surface area contributed by atoms with Gasteiger partial charge in [0.15, 0.2) is 11.5 Å². The van der Waals surface area contributed by atoms with E-state index in [1.807, 2.05) is 6.92 Å². The third-order valence-corrected chi connectivity index (χ3v) is 5.76. The fourth-order valence-corrected chi connectivity index (χ4v) is 4.63. The van der Waals surface area contributed by atoms with E-state index in [2.05, 4.69) is 5.32 Å². The van der Waals surface area contributed by atoms with Crippen molar-refractivity contribution in [3.8, 4) is 11.5 Å². The van der Waals surface area contributed by atoms with E-state index in [9.17, 15) is 13.2 Å². The van der Waals surface area contributed by atoms with Crippen LogP contribution in [0.5, 0.6) is 11.5 Å². The van der Waals surface area contributed by atoms with Gasteiger partial charge in [0, 0.05) is 23.4 Å². The molecule has 0 saturated heterocycles. The number of nitrogens with zero attached hydrogens (tertiary/aromatic N) is 1. The highest BCUT2D eigenvalue weighted by Gasteiger charge is 2.32. The van der Waals surface area contributed by atoms with Gasteiger partial charge in [-0.05, 0) is 49.2 Å². The highest BCUT2D eigenvalue weighted by Crippen LogP contribution is 2.35. The number of anilines is 2. The first-order valence-corrected chi connectivity index (χ1v) is 10.2. The number of rotatable bonds is 5. The molecule has 1 aliphatic heterocycles. The molecule has 0 radical (unpaired) electrons. The SMILES string of the molecule is COc1ccc(NC(=O)c2ccc3c(c2)CC(C)N3S(C)(=O)=O)cc1OC. The van der Waals surface area contributed by atoms with E-state index in [1.165, 1.54) is 17.7 Å². The molecule has 1 heterocycles. The van der Waals surface area contributed by atoms with Gasteiger partial charge in [-0.3, -0.25) is 9.10 Å². The molecule has 0 fully saturated rings. The van der Waals surface area contributed by atoms with Crippen LogP contribution in [0.25, 0.3) is 0 Å². The summed E-state index contributed by atoms with van der Waals surface area (Å²) >= 11 is 0. The average Bonchev–Trinajstić information content (AvgIpc) is 2.96. The summed E-state index contributed by atoms with van der Waals surface area (Å²) in [5.41, 5.74) is 2.51. The zero-order valence-corrected chi connectivity index (χ0v) is 16.5. The Hall–Kier alpha value is -2.74. The van der Waals surface area contributed by atoms with Gasteiger partial charge >= 0.3 is 0 Å². The molecule has 7 nitrogen and oxygen atoms in total. The molecule has 144 valence electrons. The maximum atomic E-state index is 12.6. The van der Waals surface area contributed by atoms with Crippen molar-refractivity contribution >= 4 is 27.3 Å². The minimum Gasteiger partial charge on any atom is -0.493 e. The van der Waals surface area contributed by atoms with Gasteiger partial charge in [-0.25, -0.2) is 8.42 Å². The number of methoxy groups -OCH3 is 2. The number of hydrogen-bond donors (Lipinski definition) is 1. The average molecular weight is 390 g/mol. The number of sulfonamides is 1. The minimum absolute atomic E-state index is 0.167. The smallest absolute Gasteiger partial charge is 0.255 e. The van der Waals surface area contributed by atoms with Crippen LogP contribution in [0.15, 0.2) is 36.4 Å². The molecule has 1 N–H and O–H groups in total. The fraction of sp³-hybridized carbons (Fsp3) is 0.316. The van der Waals surface area contributed by atoms with Crippen LogP contribution < -0.4 is 19.1 Å². The van der Waals surface area contributed by atoms with Crippen LogP contribution >= 0.6 is 0 Å². The van der Waals surface area contributed by atoms with Crippen molar-refractivity contribution in [1.29, 1.82) is 0 Å². The molecule has 27 heavy (non-hydrogen) atoms. The standard InChI is InChI=1S/C19H22N2O5S/c1-12-9-14-10-13(5-7-16(14)21(12)27(4,23)24)19(22)20-15-6-8-17(25-2)18(11-15)26-3/h5-8,10-12H,9H2,1-4H3,(H,20,22). The quantitative estimate of drug-likeness (QED) is 0.848. The lowest BCUT2D eigenvalue weighted by molar-refractivity contribution is 0.102. The molecular formula is C19H22N2O5S. The third-order valence-electron chi connectivity index (χ3n) is 4.49. The number of carbonyl (C=O) groups excluding carboxylic acids is 1. The first kappa shape index (κ1) is 19.0.